The fourth-order valence-corrected chi connectivity index (χ4v) is 3.32. The number of thiophene rings is 1. The topological polar surface area (TPSA) is 59.2 Å². The smallest absolute Gasteiger partial charge is 0.227 e. The van der Waals surface area contributed by atoms with Gasteiger partial charge in [0.05, 0.1) is 4.88 Å². The molecule has 0 saturated carbocycles. The zero-order valence-corrected chi connectivity index (χ0v) is 12.9. The van der Waals surface area contributed by atoms with Crippen molar-refractivity contribution >= 4 is 23.1 Å². The van der Waals surface area contributed by atoms with Gasteiger partial charge in [0, 0.05) is 11.3 Å². The minimum absolute atomic E-state index is 0.298. The lowest BCUT2D eigenvalue weighted by Crippen LogP contribution is -1.88. The van der Waals surface area contributed by atoms with Crippen LogP contribution >= 0.6 is 23.1 Å². The van der Waals surface area contributed by atoms with Crippen molar-refractivity contribution in [1.82, 2.24) is 10.1 Å². The summed E-state index contributed by atoms with van der Waals surface area (Å²) in [6, 6.07) is 11.2. The van der Waals surface area contributed by atoms with E-state index in [0.717, 1.165) is 28.4 Å². The Bertz CT molecular complexity index is 678. The van der Waals surface area contributed by atoms with Crippen molar-refractivity contribution in [2.45, 2.75) is 17.7 Å². The number of aryl methyl sites for hydroxylation is 1. The maximum Gasteiger partial charge on any atom is 0.227 e. The van der Waals surface area contributed by atoms with E-state index in [2.05, 4.69) is 10.1 Å². The first-order valence-corrected chi connectivity index (χ1v) is 8.46. The van der Waals surface area contributed by atoms with Crippen molar-refractivity contribution in [3.8, 4) is 16.5 Å². The number of aromatic nitrogens is 2. The van der Waals surface area contributed by atoms with E-state index >= 15 is 0 Å². The third-order valence-electron chi connectivity index (χ3n) is 2.85. The summed E-state index contributed by atoms with van der Waals surface area (Å²) in [5, 5.41) is 15.2. The Kier molecular flexibility index (Phi) is 4.57. The van der Waals surface area contributed by atoms with E-state index in [1.165, 1.54) is 0 Å². The van der Waals surface area contributed by atoms with Crippen LogP contribution in [0.25, 0.3) is 10.7 Å². The number of aromatic hydroxyl groups is 1. The van der Waals surface area contributed by atoms with E-state index < -0.39 is 0 Å². The SMILES string of the molecule is Oc1ccc(SCCCc2nc(-c3cccs3)no2)cc1. The fourth-order valence-electron chi connectivity index (χ4n) is 1.82. The van der Waals surface area contributed by atoms with Crippen molar-refractivity contribution in [2.24, 2.45) is 0 Å². The Morgan fingerprint density at radius 1 is 1.19 bits per heavy atom. The molecule has 2 aromatic heterocycles. The van der Waals surface area contributed by atoms with Gasteiger partial charge in [-0.25, -0.2) is 0 Å². The van der Waals surface area contributed by atoms with E-state index in [9.17, 15) is 5.11 Å². The van der Waals surface area contributed by atoms with E-state index in [-0.39, 0.29) is 0 Å². The number of nitrogens with zero attached hydrogens (tertiary/aromatic N) is 2. The quantitative estimate of drug-likeness (QED) is 0.544. The fraction of sp³-hybridized carbons (Fsp3) is 0.200. The Labute approximate surface area is 130 Å². The lowest BCUT2D eigenvalue weighted by molar-refractivity contribution is 0.378. The molecule has 6 heteroatoms. The average Bonchev–Trinajstić information content (AvgIpc) is 3.16. The van der Waals surface area contributed by atoms with Crippen molar-refractivity contribution < 1.29 is 9.63 Å². The van der Waals surface area contributed by atoms with Crippen molar-refractivity contribution in [1.29, 1.82) is 0 Å². The summed E-state index contributed by atoms with van der Waals surface area (Å²) < 4.78 is 5.26. The molecule has 0 bridgehead atoms. The minimum Gasteiger partial charge on any atom is -0.508 e. The first-order chi connectivity index (χ1) is 10.3. The lowest BCUT2D eigenvalue weighted by Gasteiger charge is -2.00. The van der Waals surface area contributed by atoms with Gasteiger partial charge in [-0.3, -0.25) is 0 Å². The standard InChI is InChI=1S/C15H14N2O2S2/c18-11-5-7-12(8-6-11)20-9-2-4-14-16-15(17-19-14)13-3-1-10-21-13/h1,3,5-8,10,18H,2,4,9H2. The molecule has 0 amide bonds. The molecule has 3 rings (SSSR count). The molecule has 3 aromatic rings. The molecule has 0 aliphatic heterocycles. The summed E-state index contributed by atoms with van der Waals surface area (Å²) in [6.07, 6.45) is 1.75. The van der Waals surface area contributed by atoms with Gasteiger partial charge in [-0.05, 0) is 47.9 Å². The van der Waals surface area contributed by atoms with Crippen LogP contribution in [0.15, 0.2) is 51.2 Å². The van der Waals surface area contributed by atoms with Crippen LogP contribution in [-0.4, -0.2) is 21.0 Å². The molecule has 0 saturated heterocycles. The predicted molar refractivity (Wildman–Crippen MR) is 84.8 cm³/mol. The van der Waals surface area contributed by atoms with Crippen LogP contribution in [0.4, 0.5) is 0 Å². The summed E-state index contributed by atoms with van der Waals surface area (Å²) in [7, 11) is 0. The summed E-state index contributed by atoms with van der Waals surface area (Å²) in [4.78, 5) is 6.58. The molecule has 21 heavy (non-hydrogen) atoms. The molecule has 0 fully saturated rings. The summed E-state index contributed by atoms with van der Waals surface area (Å²) in [5.41, 5.74) is 0. The largest absolute Gasteiger partial charge is 0.508 e. The second-order valence-electron chi connectivity index (χ2n) is 4.43. The summed E-state index contributed by atoms with van der Waals surface area (Å²) in [5.74, 6) is 2.63. The molecule has 0 radical (unpaired) electrons. The van der Waals surface area contributed by atoms with Gasteiger partial charge >= 0.3 is 0 Å². The zero-order chi connectivity index (χ0) is 14.5. The van der Waals surface area contributed by atoms with Gasteiger partial charge in [-0.1, -0.05) is 11.2 Å². The molecule has 108 valence electrons. The number of rotatable bonds is 6. The van der Waals surface area contributed by atoms with Crippen LogP contribution in [-0.2, 0) is 6.42 Å². The highest BCUT2D eigenvalue weighted by Crippen LogP contribution is 2.23. The molecule has 0 spiro atoms. The highest BCUT2D eigenvalue weighted by Gasteiger charge is 2.08. The first-order valence-electron chi connectivity index (χ1n) is 6.59. The second-order valence-corrected chi connectivity index (χ2v) is 6.55. The Balaban J connectivity index is 1.46. The number of benzene rings is 1. The highest BCUT2D eigenvalue weighted by molar-refractivity contribution is 7.99. The maximum atomic E-state index is 9.22. The molecule has 4 nitrogen and oxygen atoms in total. The van der Waals surface area contributed by atoms with Crippen LogP contribution in [0.5, 0.6) is 5.75 Å². The molecule has 0 atom stereocenters. The molecule has 0 unspecified atom stereocenters. The van der Waals surface area contributed by atoms with Crippen molar-refractivity contribution in [3.05, 3.63) is 47.7 Å². The van der Waals surface area contributed by atoms with E-state index in [0.29, 0.717) is 17.5 Å². The van der Waals surface area contributed by atoms with Crippen molar-refractivity contribution in [3.63, 3.8) is 0 Å². The van der Waals surface area contributed by atoms with E-state index in [1.807, 2.05) is 29.6 Å². The van der Waals surface area contributed by atoms with Gasteiger partial charge in [0.15, 0.2) is 0 Å². The third kappa shape index (κ3) is 3.86. The lowest BCUT2D eigenvalue weighted by atomic mass is 10.3. The number of phenolic OH excluding ortho intramolecular Hbond substituents is 1. The van der Waals surface area contributed by atoms with Crippen LogP contribution in [0, 0.1) is 0 Å². The second kappa shape index (κ2) is 6.78. The zero-order valence-electron chi connectivity index (χ0n) is 11.2. The van der Waals surface area contributed by atoms with E-state index in [4.69, 9.17) is 4.52 Å². The van der Waals surface area contributed by atoms with Gasteiger partial charge in [0.2, 0.25) is 11.7 Å². The predicted octanol–water partition coefficient (Wildman–Crippen LogP) is 4.23. The van der Waals surface area contributed by atoms with Gasteiger partial charge < -0.3 is 9.63 Å². The van der Waals surface area contributed by atoms with Gasteiger partial charge in [-0.15, -0.1) is 23.1 Å². The highest BCUT2D eigenvalue weighted by atomic mass is 32.2. The van der Waals surface area contributed by atoms with Crippen molar-refractivity contribution in [2.75, 3.05) is 5.75 Å². The van der Waals surface area contributed by atoms with Crippen LogP contribution in [0.3, 0.4) is 0 Å². The minimum atomic E-state index is 0.298. The first kappa shape index (κ1) is 14.2. The molecule has 1 N–H and O–H groups in total. The molecule has 1 aromatic carbocycles. The monoisotopic (exact) mass is 318 g/mol. The van der Waals surface area contributed by atoms with Gasteiger partial charge in [0.25, 0.3) is 0 Å². The van der Waals surface area contributed by atoms with E-state index in [1.54, 1.807) is 35.2 Å². The maximum absolute atomic E-state index is 9.22. The molecule has 2 heterocycles. The Morgan fingerprint density at radius 2 is 2.05 bits per heavy atom. The molecular weight excluding hydrogens is 304 g/mol. The summed E-state index contributed by atoms with van der Waals surface area (Å²) >= 11 is 3.36. The number of hydrogen-bond donors (Lipinski definition) is 1. The number of phenols is 1. The average molecular weight is 318 g/mol. The Morgan fingerprint density at radius 3 is 2.81 bits per heavy atom. The third-order valence-corrected chi connectivity index (χ3v) is 4.81. The van der Waals surface area contributed by atoms with Gasteiger partial charge in [0.1, 0.15) is 5.75 Å². The summed E-state index contributed by atoms with van der Waals surface area (Å²) in [6.45, 7) is 0. The van der Waals surface area contributed by atoms with Crippen LogP contribution in [0.1, 0.15) is 12.3 Å². The number of thioether (sulfide) groups is 1. The van der Waals surface area contributed by atoms with Crippen LogP contribution < -0.4 is 0 Å². The molecular formula is C15H14N2O2S2. The Hall–Kier alpha value is -1.79. The number of hydrogen-bond acceptors (Lipinski definition) is 6. The molecule has 0 aliphatic carbocycles. The van der Waals surface area contributed by atoms with Gasteiger partial charge in [-0.2, -0.15) is 4.98 Å². The molecule has 0 aliphatic rings. The van der Waals surface area contributed by atoms with Crippen LogP contribution in [0.2, 0.25) is 0 Å². The normalized spacial score (nSPS) is 10.9.